The molecule has 4 rings (SSSR count). The summed E-state index contributed by atoms with van der Waals surface area (Å²) in [5.41, 5.74) is 3.11. The summed E-state index contributed by atoms with van der Waals surface area (Å²) in [6.45, 7) is 8.09. The molecule has 0 saturated heterocycles. The van der Waals surface area contributed by atoms with Gasteiger partial charge in [-0.1, -0.05) is 28.9 Å². The minimum absolute atomic E-state index is 0.195. The lowest BCUT2D eigenvalue weighted by Crippen LogP contribution is -2.46. The average molecular weight is 497 g/mol. The second-order valence-corrected chi connectivity index (χ2v) is 8.46. The van der Waals surface area contributed by atoms with E-state index in [4.69, 9.17) is 25.6 Å². The molecule has 2 heterocycles. The number of aromatic nitrogens is 2. The van der Waals surface area contributed by atoms with Crippen LogP contribution in [0.3, 0.4) is 0 Å². The Morgan fingerprint density at radius 3 is 2.66 bits per heavy atom. The van der Waals surface area contributed by atoms with Crippen molar-refractivity contribution in [1.82, 2.24) is 20.4 Å². The lowest BCUT2D eigenvalue weighted by molar-refractivity contribution is 0.136. The number of ether oxygens (including phenoxy) is 2. The fourth-order valence-electron chi connectivity index (χ4n) is 4.05. The zero-order valence-electron chi connectivity index (χ0n) is 20.1. The number of hydrogen-bond donors (Lipinski definition) is 1. The van der Waals surface area contributed by atoms with E-state index < -0.39 is 6.04 Å². The molecule has 1 aliphatic rings. The van der Waals surface area contributed by atoms with Gasteiger partial charge in [-0.2, -0.15) is 4.98 Å². The fourth-order valence-corrected chi connectivity index (χ4v) is 4.25. The molecule has 1 aliphatic heterocycles. The van der Waals surface area contributed by atoms with Crippen molar-refractivity contribution in [3.63, 3.8) is 0 Å². The van der Waals surface area contributed by atoms with Crippen LogP contribution in [0.25, 0.3) is 17.0 Å². The zero-order valence-corrected chi connectivity index (χ0v) is 20.8. The molecule has 1 N–H and O–H groups in total. The summed E-state index contributed by atoms with van der Waals surface area (Å²) in [7, 11) is 0. The van der Waals surface area contributed by atoms with Gasteiger partial charge < -0.3 is 19.3 Å². The van der Waals surface area contributed by atoms with Crippen LogP contribution < -0.4 is 10.1 Å². The molecule has 9 heteroatoms. The van der Waals surface area contributed by atoms with Gasteiger partial charge in [0.1, 0.15) is 5.75 Å². The molecular weight excluding hydrogens is 468 g/mol. The molecule has 2 amide bonds. The first kappa shape index (κ1) is 24.8. The average Bonchev–Trinajstić information content (AvgIpc) is 3.33. The number of allylic oxidation sites excluding steroid dienone is 1. The molecule has 3 aromatic rings. The molecule has 0 fully saturated rings. The van der Waals surface area contributed by atoms with Crippen LogP contribution in [0.1, 0.15) is 44.7 Å². The summed E-state index contributed by atoms with van der Waals surface area (Å²) in [6, 6.07) is 14.2. The van der Waals surface area contributed by atoms with Crippen LogP contribution in [-0.4, -0.2) is 47.4 Å². The molecule has 1 atom stereocenters. The predicted molar refractivity (Wildman–Crippen MR) is 134 cm³/mol. The first-order valence-electron chi connectivity index (χ1n) is 11.7. The minimum Gasteiger partial charge on any atom is -0.494 e. The van der Waals surface area contributed by atoms with Crippen LogP contribution in [0.15, 0.2) is 58.8 Å². The van der Waals surface area contributed by atoms with Crippen molar-refractivity contribution in [2.45, 2.75) is 33.2 Å². The summed E-state index contributed by atoms with van der Waals surface area (Å²) in [5.74, 6) is 1.57. The van der Waals surface area contributed by atoms with Crippen molar-refractivity contribution >= 4 is 23.2 Å². The Kier molecular flexibility index (Phi) is 8.05. The van der Waals surface area contributed by atoms with Gasteiger partial charge in [-0.3, -0.25) is 4.90 Å². The van der Waals surface area contributed by atoms with Crippen LogP contribution in [0.4, 0.5) is 4.79 Å². The lowest BCUT2D eigenvalue weighted by Gasteiger charge is -2.35. The van der Waals surface area contributed by atoms with E-state index in [0.717, 1.165) is 28.1 Å². The Morgan fingerprint density at radius 2 is 1.94 bits per heavy atom. The van der Waals surface area contributed by atoms with Crippen molar-refractivity contribution in [3.05, 3.63) is 70.7 Å². The second-order valence-electron chi connectivity index (χ2n) is 8.02. The van der Waals surface area contributed by atoms with Gasteiger partial charge in [0.05, 0.1) is 18.2 Å². The molecule has 0 radical (unpaired) electrons. The summed E-state index contributed by atoms with van der Waals surface area (Å²) in [4.78, 5) is 19.4. The Bertz CT molecular complexity index is 1190. The van der Waals surface area contributed by atoms with E-state index >= 15 is 0 Å². The molecule has 184 valence electrons. The van der Waals surface area contributed by atoms with E-state index in [1.54, 1.807) is 11.0 Å². The molecule has 0 aliphatic carbocycles. The quantitative estimate of drug-likeness (QED) is 0.361. The Labute approximate surface area is 209 Å². The summed E-state index contributed by atoms with van der Waals surface area (Å²) < 4.78 is 16.7. The van der Waals surface area contributed by atoms with Crippen LogP contribution in [-0.2, 0) is 4.74 Å². The molecule has 35 heavy (non-hydrogen) atoms. The van der Waals surface area contributed by atoms with Crippen molar-refractivity contribution in [3.8, 4) is 17.1 Å². The van der Waals surface area contributed by atoms with Crippen LogP contribution in [0.2, 0.25) is 5.02 Å². The zero-order chi connectivity index (χ0) is 24.8. The Balaban J connectivity index is 1.70. The topological polar surface area (TPSA) is 89.7 Å². The summed E-state index contributed by atoms with van der Waals surface area (Å²) >= 11 is 6.26. The highest BCUT2D eigenvalue weighted by atomic mass is 35.5. The minimum atomic E-state index is -0.488. The summed E-state index contributed by atoms with van der Waals surface area (Å²) in [6.07, 6.45) is 0.703. The number of amides is 2. The van der Waals surface area contributed by atoms with Gasteiger partial charge in [0, 0.05) is 36.0 Å². The largest absolute Gasteiger partial charge is 0.494 e. The number of benzene rings is 2. The number of nitrogens with one attached hydrogen (secondary N) is 1. The van der Waals surface area contributed by atoms with Gasteiger partial charge in [-0.05, 0) is 69.2 Å². The highest BCUT2D eigenvalue weighted by Gasteiger charge is 2.35. The van der Waals surface area contributed by atoms with Gasteiger partial charge in [-0.15, -0.1) is 0 Å². The van der Waals surface area contributed by atoms with E-state index in [2.05, 4.69) is 15.5 Å². The molecule has 0 bridgehead atoms. The first-order valence-corrected chi connectivity index (χ1v) is 12.1. The van der Waals surface area contributed by atoms with Gasteiger partial charge >= 0.3 is 6.03 Å². The number of halogens is 1. The monoisotopic (exact) mass is 496 g/mol. The maximum Gasteiger partial charge on any atom is 0.322 e. The van der Waals surface area contributed by atoms with Crippen LogP contribution >= 0.6 is 11.6 Å². The van der Waals surface area contributed by atoms with Crippen molar-refractivity contribution in [2.24, 2.45) is 0 Å². The highest BCUT2D eigenvalue weighted by molar-refractivity contribution is 6.30. The molecule has 0 saturated carbocycles. The highest BCUT2D eigenvalue weighted by Crippen LogP contribution is 2.38. The molecule has 1 aromatic heterocycles. The van der Waals surface area contributed by atoms with Gasteiger partial charge in [0.15, 0.2) is 0 Å². The summed E-state index contributed by atoms with van der Waals surface area (Å²) in [5, 5.41) is 7.87. The van der Waals surface area contributed by atoms with Crippen LogP contribution in [0.5, 0.6) is 5.75 Å². The third-order valence-electron chi connectivity index (χ3n) is 5.73. The number of urea groups is 1. The smallest absolute Gasteiger partial charge is 0.322 e. The lowest BCUT2D eigenvalue weighted by atomic mass is 9.94. The van der Waals surface area contributed by atoms with E-state index in [1.807, 2.05) is 63.2 Å². The molecular formula is C26H29ClN4O4. The molecule has 1 unspecified atom stereocenters. The molecule has 0 spiro atoms. The number of hydrogen-bond acceptors (Lipinski definition) is 6. The molecule has 8 nitrogen and oxygen atoms in total. The van der Waals surface area contributed by atoms with Crippen molar-refractivity contribution in [1.29, 1.82) is 0 Å². The van der Waals surface area contributed by atoms with E-state index in [0.29, 0.717) is 49.5 Å². The third-order valence-corrected chi connectivity index (χ3v) is 5.97. The van der Waals surface area contributed by atoms with E-state index in [-0.39, 0.29) is 6.03 Å². The van der Waals surface area contributed by atoms with Crippen molar-refractivity contribution in [2.75, 3.05) is 26.4 Å². The van der Waals surface area contributed by atoms with Crippen molar-refractivity contribution < 1.29 is 18.8 Å². The first-order chi connectivity index (χ1) is 17.0. The van der Waals surface area contributed by atoms with Gasteiger partial charge in [0.2, 0.25) is 5.82 Å². The third kappa shape index (κ3) is 5.66. The molecule has 2 aromatic carbocycles. The maximum atomic E-state index is 13.1. The number of carbonyl (C=O) groups excluding carboxylic acids is 1. The van der Waals surface area contributed by atoms with Crippen LogP contribution in [0, 0.1) is 0 Å². The number of carbonyl (C=O) groups is 1. The SMILES string of the molecule is CCOCCCN1C(=O)NC(c2cccc(Cl)c2)C(c2nc(-c3ccc(OCC)cc3)no2)=C1C. The Hall–Kier alpha value is -3.36. The van der Waals surface area contributed by atoms with E-state index in [1.165, 1.54) is 0 Å². The van der Waals surface area contributed by atoms with Gasteiger partial charge in [-0.25, -0.2) is 4.79 Å². The fraction of sp³-hybridized carbons (Fsp3) is 0.346. The second kappa shape index (κ2) is 11.4. The maximum absolute atomic E-state index is 13.1. The van der Waals surface area contributed by atoms with Gasteiger partial charge in [0.25, 0.3) is 5.89 Å². The Morgan fingerprint density at radius 1 is 1.14 bits per heavy atom. The standard InChI is InChI=1S/C26H29ClN4O4/c1-4-33-15-7-14-31-17(3)22(23(28-26(31)32)19-8-6-9-20(27)16-19)25-29-24(30-35-25)18-10-12-21(13-11-18)34-5-2/h6,8-13,16,23H,4-5,7,14-15H2,1-3H3,(H,28,32). The number of nitrogens with zero attached hydrogens (tertiary/aromatic N) is 3. The normalized spacial score (nSPS) is 15.9. The predicted octanol–water partition coefficient (Wildman–Crippen LogP) is 5.71. The number of rotatable bonds is 10. The van der Waals surface area contributed by atoms with E-state index in [9.17, 15) is 4.79 Å².